The molecular formula is C11H10F3N5O3. The predicted octanol–water partition coefficient (Wildman–Crippen LogP) is 1.96. The van der Waals surface area contributed by atoms with E-state index in [2.05, 4.69) is 15.4 Å². The van der Waals surface area contributed by atoms with Crippen molar-refractivity contribution in [2.75, 3.05) is 5.32 Å². The standard InChI is InChI=1S/C7H6F3N.C3H3N3O2.CHNO/c8-7(9,10)11-6-4-2-1-3-5-6;7-3(8)2-1-4-6-5-2;2-1-3/h1-5,11H;1H,(H,7,8)(H,4,5,6);3H. The van der Waals surface area contributed by atoms with Gasteiger partial charge in [0, 0.05) is 5.69 Å². The van der Waals surface area contributed by atoms with E-state index in [1.54, 1.807) is 6.07 Å². The van der Waals surface area contributed by atoms with Crippen molar-refractivity contribution in [3.63, 3.8) is 0 Å². The first-order chi connectivity index (χ1) is 10.3. The largest absolute Gasteiger partial charge is 0.482 e. The van der Waals surface area contributed by atoms with Crippen LogP contribution < -0.4 is 5.32 Å². The van der Waals surface area contributed by atoms with E-state index in [1.165, 1.54) is 29.6 Å². The first-order valence-corrected chi connectivity index (χ1v) is 5.32. The van der Waals surface area contributed by atoms with E-state index in [-0.39, 0.29) is 11.4 Å². The average Bonchev–Trinajstić information content (AvgIpc) is 2.93. The first-order valence-electron chi connectivity index (χ1n) is 5.32. The number of anilines is 1. The normalized spacial score (nSPS) is 9.18. The maximum Gasteiger partial charge on any atom is 0.482 e. The van der Waals surface area contributed by atoms with E-state index in [0.29, 0.717) is 0 Å². The van der Waals surface area contributed by atoms with Crippen LogP contribution in [0, 0.1) is 11.5 Å². The van der Waals surface area contributed by atoms with Gasteiger partial charge in [-0.25, -0.2) is 4.79 Å². The highest BCUT2D eigenvalue weighted by Crippen LogP contribution is 2.18. The summed E-state index contributed by atoms with van der Waals surface area (Å²) >= 11 is 0. The number of aromatic nitrogens is 3. The molecule has 22 heavy (non-hydrogen) atoms. The van der Waals surface area contributed by atoms with Gasteiger partial charge in [-0.1, -0.05) is 18.2 Å². The number of nitrogens with zero attached hydrogens (tertiary/aromatic N) is 3. The second-order valence-corrected chi connectivity index (χ2v) is 3.25. The van der Waals surface area contributed by atoms with Crippen molar-refractivity contribution in [3.05, 3.63) is 42.2 Å². The van der Waals surface area contributed by atoms with E-state index in [1.807, 2.05) is 0 Å². The molecule has 0 aliphatic carbocycles. The molecule has 0 bridgehead atoms. The molecule has 0 aliphatic heterocycles. The molecule has 11 heteroatoms. The molecule has 0 unspecified atom stereocenters. The molecule has 8 nitrogen and oxygen atoms in total. The van der Waals surface area contributed by atoms with Crippen LogP contribution in [0.5, 0.6) is 0 Å². The highest BCUT2D eigenvalue weighted by molar-refractivity contribution is 5.84. The van der Waals surface area contributed by atoms with Gasteiger partial charge < -0.3 is 10.2 Å². The van der Waals surface area contributed by atoms with Gasteiger partial charge in [-0.15, -0.1) is 5.10 Å². The molecule has 2 rings (SSSR count). The number of H-pyrrole nitrogens is 1. The number of nitriles is 1. The molecule has 0 aliphatic rings. The van der Waals surface area contributed by atoms with Gasteiger partial charge in [-0.2, -0.15) is 28.7 Å². The van der Waals surface area contributed by atoms with E-state index < -0.39 is 12.3 Å². The Bertz CT molecular complexity index is 581. The van der Waals surface area contributed by atoms with Crippen molar-refractivity contribution >= 4 is 11.7 Å². The number of hydrogen-bond donors (Lipinski definition) is 4. The van der Waals surface area contributed by atoms with Crippen molar-refractivity contribution in [1.82, 2.24) is 15.4 Å². The molecule has 0 atom stereocenters. The summed E-state index contributed by atoms with van der Waals surface area (Å²) in [6, 6.07) is 7.44. The fourth-order valence-electron chi connectivity index (χ4n) is 0.990. The molecular weight excluding hydrogens is 307 g/mol. The molecule has 0 amide bonds. The Morgan fingerprint density at radius 1 is 1.32 bits per heavy atom. The fourth-order valence-corrected chi connectivity index (χ4v) is 0.990. The molecule has 0 fully saturated rings. The highest BCUT2D eigenvalue weighted by Gasteiger charge is 2.26. The lowest BCUT2D eigenvalue weighted by Gasteiger charge is -2.08. The molecule has 2 aromatic rings. The van der Waals surface area contributed by atoms with Gasteiger partial charge in [0.05, 0.1) is 6.20 Å². The number of hydrogen-bond acceptors (Lipinski definition) is 6. The Hall–Kier alpha value is -3.29. The number of carbonyl (C=O) groups is 1. The Balaban J connectivity index is 0.000000352. The first kappa shape index (κ1) is 18.7. The lowest BCUT2D eigenvalue weighted by atomic mass is 10.3. The minimum absolute atomic E-state index is 0.0556. The number of alkyl halides is 3. The number of aromatic amines is 1. The van der Waals surface area contributed by atoms with Crippen LogP contribution in [-0.2, 0) is 0 Å². The van der Waals surface area contributed by atoms with Crippen LogP contribution in [0.4, 0.5) is 18.9 Å². The Morgan fingerprint density at radius 3 is 2.18 bits per heavy atom. The topological polar surface area (TPSA) is 135 Å². The zero-order valence-corrected chi connectivity index (χ0v) is 10.7. The number of benzene rings is 1. The number of nitrogens with one attached hydrogen (secondary N) is 2. The van der Waals surface area contributed by atoms with E-state index in [4.69, 9.17) is 15.5 Å². The van der Waals surface area contributed by atoms with Crippen LogP contribution in [0.1, 0.15) is 10.5 Å². The van der Waals surface area contributed by atoms with Crippen molar-refractivity contribution < 1.29 is 28.2 Å². The fraction of sp³-hybridized carbons (Fsp3) is 0.0909. The molecule has 0 saturated carbocycles. The van der Waals surface area contributed by atoms with Crippen LogP contribution >= 0.6 is 0 Å². The second-order valence-electron chi connectivity index (χ2n) is 3.25. The van der Waals surface area contributed by atoms with E-state index in [0.717, 1.165) is 12.5 Å². The lowest BCUT2D eigenvalue weighted by Crippen LogP contribution is -2.20. The van der Waals surface area contributed by atoms with Crippen molar-refractivity contribution in [2.24, 2.45) is 0 Å². The molecule has 4 N–H and O–H groups in total. The number of carboxylic acid groups (broad SMARTS) is 1. The summed E-state index contributed by atoms with van der Waals surface area (Å²) < 4.78 is 34.9. The van der Waals surface area contributed by atoms with Crippen LogP contribution in [-0.4, -0.2) is 37.9 Å². The number of aliphatic hydroxyl groups excluding tert-OH is 1. The summed E-state index contributed by atoms with van der Waals surface area (Å²) in [6.07, 6.45) is -2.45. The molecule has 118 valence electrons. The van der Waals surface area contributed by atoms with Gasteiger partial charge in [-0.05, 0) is 12.1 Å². The predicted molar refractivity (Wildman–Crippen MR) is 67.0 cm³/mol. The third-order valence-corrected chi connectivity index (χ3v) is 1.69. The lowest BCUT2D eigenvalue weighted by molar-refractivity contribution is -0.0999. The minimum Gasteiger partial charge on any atom is -0.476 e. The van der Waals surface area contributed by atoms with Crippen LogP contribution in [0.2, 0.25) is 0 Å². The van der Waals surface area contributed by atoms with Crippen LogP contribution in [0.15, 0.2) is 36.5 Å². The summed E-state index contributed by atoms with van der Waals surface area (Å²) in [5.41, 5.74) is -0.00926. The quantitative estimate of drug-likeness (QED) is 0.491. The van der Waals surface area contributed by atoms with Gasteiger partial charge in [-0.3, -0.25) is 5.32 Å². The van der Waals surface area contributed by atoms with Gasteiger partial charge in [0.25, 0.3) is 6.26 Å². The third kappa shape index (κ3) is 9.62. The Kier molecular flexibility index (Phi) is 8.15. The van der Waals surface area contributed by atoms with Gasteiger partial charge in [0.1, 0.15) is 0 Å². The smallest absolute Gasteiger partial charge is 0.476 e. The number of carboxylic acids is 1. The Morgan fingerprint density at radius 2 is 1.86 bits per heavy atom. The van der Waals surface area contributed by atoms with Crippen LogP contribution in [0.25, 0.3) is 0 Å². The van der Waals surface area contributed by atoms with Crippen molar-refractivity contribution in [3.8, 4) is 6.26 Å². The zero-order chi connectivity index (χ0) is 17.0. The molecule has 1 aromatic carbocycles. The van der Waals surface area contributed by atoms with Crippen molar-refractivity contribution in [1.29, 1.82) is 5.26 Å². The van der Waals surface area contributed by atoms with Gasteiger partial charge in [0.15, 0.2) is 5.69 Å². The number of rotatable bonds is 2. The van der Waals surface area contributed by atoms with Gasteiger partial charge in [0.2, 0.25) is 0 Å². The third-order valence-electron chi connectivity index (χ3n) is 1.69. The number of para-hydroxylation sites is 1. The average molecular weight is 317 g/mol. The highest BCUT2D eigenvalue weighted by atomic mass is 19.4. The molecule has 0 radical (unpaired) electrons. The van der Waals surface area contributed by atoms with E-state index >= 15 is 0 Å². The van der Waals surface area contributed by atoms with Gasteiger partial charge >= 0.3 is 12.3 Å². The number of aliphatic hydroxyl groups is 1. The summed E-state index contributed by atoms with van der Waals surface area (Å²) in [6.45, 7) is 0. The maximum absolute atomic E-state index is 11.6. The monoisotopic (exact) mass is 317 g/mol. The maximum atomic E-state index is 11.6. The molecule has 1 aromatic heterocycles. The molecule has 1 heterocycles. The SMILES string of the molecule is FC(F)(F)Nc1ccccc1.N#CO.O=C(O)c1cn[nH]n1. The second kappa shape index (κ2) is 9.59. The molecule has 0 saturated heterocycles. The number of aromatic carboxylic acids is 1. The van der Waals surface area contributed by atoms with Crippen molar-refractivity contribution in [2.45, 2.75) is 6.30 Å². The summed E-state index contributed by atoms with van der Waals surface area (Å²) in [5, 5.41) is 32.0. The summed E-state index contributed by atoms with van der Waals surface area (Å²) in [4.78, 5) is 9.94. The van der Waals surface area contributed by atoms with Crippen LogP contribution in [0.3, 0.4) is 0 Å². The summed E-state index contributed by atoms with van der Waals surface area (Å²) in [7, 11) is 0. The number of halogens is 3. The Labute approximate surface area is 121 Å². The molecule has 0 spiro atoms. The summed E-state index contributed by atoms with van der Waals surface area (Å²) in [5.74, 6) is -1.07. The van der Waals surface area contributed by atoms with E-state index in [9.17, 15) is 18.0 Å². The minimum atomic E-state index is -4.35. The zero-order valence-electron chi connectivity index (χ0n) is 10.7.